The summed E-state index contributed by atoms with van der Waals surface area (Å²) in [6, 6.07) is 7.47. The molecule has 0 aromatic carbocycles. The van der Waals surface area contributed by atoms with Crippen molar-refractivity contribution in [2.45, 2.75) is 25.7 Å². The van der Waals surface area contributed by atoms with Gasteiger partial charge in [-0.2, -0.15) is 0 Å². The Labute approximate surface area is 189 Å². The van der Waals surface area contributed by atoms with Gasteiger partial charge in [-0.15, -0.1) is 0 Å². The number of hydrogen-bond donors (Lipinski definition) is 0. The molecule has 0 spiro atoms. The monoisotopic (exact) mass is 580 g/mol. The molecule has 10 heteroatoms. The smallest absolute Gasteiger partial charge is 0.379 e. The Bertz CT molecular complexity index is 837. The molecule has 0 unspecified atom stereocenters. The largest absolute Gasteiger partial charge is 0.466 e. The molecular formula is C20H24BIrN8-. The summed E-state index contributed by atoms with van der Waals surface area (Å²) in [5.41, 5.74) is 0. The molecule has 4 heterocycles. The van der Waals surface area contributed by atoms with Crippen molar-refractivity contribution < 1.29 is 20.1 Å². The number of hydrogen-bond acceptors (Lipinski definition) is 4. The summed E-state index contributed by atoms with van der Waals surface area (Å²) in [5.74, 6) is 0. The van der Waals surface area contributed by atoms with E-state index in [4.69, 9.17) is 0 Å². The Kier molecular flexibility index (Phi) is 7.76. The van der Waals surface area contributed by atoms with Crippen LogP contribution in [0.4, 0.5) is 0 Å². The molecule has 0 saturated heterocycles. The van der Waals surface area contributed by atoms with Crippen LogP contribution in [0.2, 0.25) is 0 Å². The second kappa shape index (κ2) is 10.7. The van der Waals surface area contributed by atoms with Gasteiger partial charge in [-0.05, 0) is 74.7 Å². The molecule has 0 saturated carbocycles. The molecule has 8 nitrogen and oxygen atoms in total. The SMILES string of the molecule is C1=C\CC/C=C\CC/1.[Ir].c1cnn([B-](n2cccn2)(n2cccn2)n2cccn2)c1. The second-order valence-electron chi connectivity index (χ2n) is 6.73. The van der Waals surface area contributed by atoms with Gasteiger partial charge in [-0.3, -0.25) is 0 Å². The first kappa shape index (κ1) is 21.7. The average molecular weight is 579 g/mol. The number of allylic oxidation sites excluding steroid dienone is 4. The van der Waals surface area contributed by atoms with Crippen LogP contribution >= 0.6 is 0 Å². The van der Waals surface area contributed by atoms with Crippen molar-refractivity contribution in [3.63, 3.8) is 0 Å². The average Bonchev–Trinajstić information content (AvgIpc) is 3.50. The molecule has 30 heavy (non-hydrogen) atoms. The summed E-state index contributed by atoms with van der Waals surface area (Å²) in [6.07, 6.45) is 28.4. The molecule has 0 bridgehead atoms. The van der Waals surface area contributed by atoms with E-state index < -0.39 is 6.69 Å². The standard InChI is InChI=1S/C12H12BN8.C8H12.Ir/c1-5-14-18(9-1)13(19-10-2-6-15-19,20-11-3-7-16-20)21-12-4-8-17-21;1-2-4-6-8-7-5-3-1;/h1-12H;1-2,7-8H,3-6H2;/q-1;;/b;2-1-,8-7-;. The van der Waals surface area contributed by atoms with Crippen LogP contribution < -0.4 is 0 Å². The third kappa shape index (κ3) is 4.45. The normalized spacial score (nSPS) is 15.7. The van der Waals surface area contributed by atoms with Gasteiger partial charge in [0.1, 0.15) is 0 Å². The summed E-state index contributed by atoms with van der Waals surface area (Å²) >= 11 is 0. The van der Waals surface area contributed by atoms with Crippen LogP contribution in [0.3, 0.4) is 0 Å². The quantitative estimate of drug-likeness (QED) is 0.275. The van der Waals surface area contributed by atoms with Crippen LogP contribution in [0, 0.1) is 0 Å². The first-order valence-corrected chi connectivity index (χ1v) is 9.86. The van der Waals surface area contributed by atoms with Crippen LogP contribution in [-0.4, -0.2) is 45.5 Å². The zero-order valence-corrected chi connectivity index (χ0v) is 18.9. The predicted molar refractivity (Wildman–Crippen MR) is 113 cm³/mol. The van der Waals surface area contributed by atoms with Crippen molar-refractivity contribution in [2.24, 2.45) is 0 Å². The number of rotatable bonds is 4. The molecule has 1 radical (unpaired) electrons. The molecule has 4 aromatic rings. The first-order valence-electron chi connectivity index (χ1n) is 9.86. The Morgan fingerprint density at radius 1 is 0.467 bits per heavy atom. The minimum atomic E-state index is -1.83. The van der Waals surface area contributed by atoms with Gasteiger partial charge < -0.3 is 18.4 Å². The fourth-order valence-corrected chi connectivity index (χ4v) is 3.53. The maximum absolute atomic E-state index is 4.42. The summed E-state index contributed by atoms with van der Waals surface area (Å²) in [5, 5.41) is 17.7. The van der Waals surface area contributed by atoms with E-state index in [1.807, 2.05) is 67.4 Å². The van der Waals surface area contributed by atoms with Gasteiger partial charge >= 0.3 is 6.69 Å². The molecule has 1 aliphatic rings. The van der Waals surface area contributed by atoms with E-state index >= 15 is 0 Å². The van der Waals surface area contributed by atoms with Crippen molar-refractivity contribution >= 4 is 6.69 Å². The third-order valence-corrected chi connectivity index (χ3v) is 4.85. The van der Waals surface area contributed by atoms with E-state index in [1.54, 1.807) is 24.8 Å². The Morgan fingerprint density at radius 3 is 0.933 bits per heavy atom. The molecule has 0 aliphatic heterocycles. The van der Waals surface area contributed by atoms with Gasteiger partial charge in [0.2, 0.25) is 0 Å². The zero-order valence-electron chi connectivity index (χ0n) is 16.6. The summed E-state index contributed by atoms with van der Waals surface area (Å²) in [4.78, 5) is 0. The molecular weight excluding hydrogens is 555 g/mol. The van der Waals surface area contributed by atoms with E-state index in [9.17, 15) is 0 Å². The summed E-state index contributed by atoms with van der Waals surface area (Å²) in [7, 11) is 0. The number of nitrogens with zero attached hydrogens (tertiary/aromatic N) is 8. The Balaban J connectivity index is 0.000000242. The van der Waals surface area contributed by atoms with E-state index in [0.29, 0.717) is 0 Å². The second-order valence-corrected chi connectivity index (χ2v) is 6.73. The Hall–Kier alpha value is -2.97. The molecule has 4 aromatic heterocycles. The van der Waals surface area contributed by atoms with Crippen molar-refractivity contribution in [1.29, 1.82) is 0 Å². The van der Waals surface area contributed by atoms with Crippen LogP contribution in [0.15, 0.2) is 98.1 Å². The van der Waals surface area contributed by atoms with Gasteiger partial charge in [-0.1, -0.05) is 24.3 Å². The van der Waals surface area contributed by atoms with Crippen molar-refractivity contribution in [3.8, 4) is 0 Å². The van der Waals surface area contributed by atoms with Crippen molar-refractivity contribution in [2.75, 3.05) is 0 Å². The molecule has 0 fully saturated rings. The summed E-state index contributed by atoms with van der Waals surface area (Å²) < 4.78 is 7.25. The third-order valence-electron chi connectivity index (χ3n) is 4.85. The Morgan fingerprint density at radius 2 is 0.733 bits per heavy atom. The first-order chi connectivity index (χ1) is 14.4. The van der Waals surface area contributed by atoms with E-state index in [1.165, 1.54) is 25.7 Å². The van der Waals surface area contributed by atoms with Gasteiger partial charge in [0.25, 0.3) is 0 Å². The minimum Gasteiger partial charge on any atom is -0.379 e. The van der Waals surface area contributed by atoms with Crippen LogP contribution in [0.1, 0.15) is 25.7 Å². The minimum absolute atomic E-state index is 0. The molecule has 0 N–H and O–H groups in total. The van der Waals surface area contributed by atoms with Gasteiger partial charge in [0, 0.05) is 44.9 Å². The zero-order chi connectivity index (χ0) is 19.8. The van der Waals surface area contributed by atoms with Gasteiger partial charge in [0.05, 0.1) is 0 Å². The topological polar surface area (TPSA) is 71.3 Å². The van der Waals surface area contributed by atoms with Crippen molar-refractivity contribution in [1.82, 2.24) is 38.8 Å². The maximum atomic E-state index is 4.42. The van der Waals surface area contributed by atoms with E-state index in [-0.39, 0.29) is 20.1 Å². The fraction of sp³-hybridized carbons (Fsp3) is 0.200. The van der Waals surface area contributed by atoms with Crippen LogP contribution in [0.25, 0.3) is 0 Å². The van der Waals surface area contributed by atoms with Crippen LogP contribution in [-0.2, 0) is 20.1 Å². The summed E-state index contributed by atoms with van der Waals surface area (Å²) in [6.45, 7) is -1.83. The molecule has 0 amide bonds. The molecule has 0 atom stereocenters. The maximum Gasteiger partial charge on any atom is 0.466 e. The van der Waals surface area contributed by atoms with E-state index in [0.717, 1.165) is 0 Å². The molecule has 1 aliphatic carbocycles. The fourth-order valence-electron chi connectivity index (χ4n) is 3.53. The van der Waals surface area contributed by atoms with Crippen LogP contribution in [0.5, 0.6) is 0 Å². The van der Waals surface area contributed by atoms with Gasteiger partial charge in [-0.25, -0.2) is 20.4 Å². The molecule has 5 rings (SSSR count). The predicted octanol–water partition coefficient (Wildman–Crippen LogP) is 3.07. The van der Waals surface area contributed by atoms with E-state index in [2.05, 4.69) is 44.7 Å². The molecule has 157 valence electrons. The van der Waals surface area contributed by atoms with Gasteiger partial charge in [0.15, 0.2) is 0 Å². The van der Waals surface area contributed by atoms with Crippen molar-refractivity contribution in [3.05, 3.63) is 98.1 Å². The number of aromatic nitrogens is 8.